The molecule has 2 heterocycles. The summed E-state index contributed by atoms with van der Waals surface area (Å²) < 4.78 is 16.0. The Labute approximate surface area is 97.3 Å². The van der Waals surface area contributed by atoms with Gasteiger partial charge in [-0.25, -0.2) is 4.67 Å². The van der Waals surface area contributed by atoms with Gasteiger partial charge in [-0.05, 0) is 32.4 Å². The van der Waals surface area contributed by atoms with E-state index in [1.807, 2.05) is 6.92 Å². The number of nitrogens with zero attached hydrogens (tertiary/aromatic N) is 3. The molecule has 0 N–H and O–H groups in total. The van der Waals surface area contributed by atoms with Crippen LogP contribution in [0, 0.1) is 0 Å². The minimum absolute atomic E-state index is 0.308. The molecule has 5 nitrogen and oxygen atoms in total. The van der Waals surface area contributed by atoms with Gasteiger partial charge < -0.3 is 4.57 Å². The van der Waals surface area contributed by atoms with Crippen LogP contribution < -0.4 is 5.56 Å². The van der Waals surface area contributed by atoms with Crippen LogP contribution in [0.15, 0.2) is 27.5 Å². The molecule has 0 aromatic carbocycles. The van der Waals surface area contributed by atoms with Gasteiger partial charge in [0.25, 0.3) is 5.56 Å². The van der Waals surface area contributed by atoms with Crippen LogP contribution in [-0.4, -0.2) is 28.3 Å². The summed E-state index contributed by atoms with van der Waals surface area (Å²) >= 11 is 1.15. The van der Waals surface area contributed by atoms with Crippen molar-refractivity contribution >= 4 is 24.1 Å². The number of aromatic nitrogens is 2. The van der Waals surface area contributed by atoms with Crippen molar-refractivity contribution in [1.82, 2.24) is 14.2 Å². The maximum Gasteiger partial charge on any atom is 0.273 e. The standard InChI is InChI=1S/C9H12N3O2PS/c1-7-6-12-5-4-8(13)10-9(12)16-15(7,14)11(2)3/h4-6H,1-3H3. The fraction of sp³-hybridized carbons (Fsp3) is 0.333. The minimum Gasteiger partial charge on any atom is -0.302 e. The first-order valence-corrected chi connectivity index (χ1v) is 7.77. The zero-order chi connectivity index (χ0) is 11.9. The lowest BCUT2D eigenvalue weighted by Gasteiger charge is -2.28. The predicted molar refractivity (Wildman–Crippen MR) is 65.6 cm³/mol. The van der Waals surface area contributed by atoms with E-state index in [1.54, 1.807) is 35.7 Å². The molecule has 0 aliphatic carbocycles. The van der Waals surface area contributed by atoms with Crippen LogP contribution in [0.4, 0.5) is 0 Å². The van der Waals surface area contributed by atoms with Crippen molar-refractivity contribution in [3.8, 4) is 0 Å². The van der Waals surface area contributed by atoms with Gasteiger partial charge in [0, 0.05) is 23.8 Å². The smallest absolute Gasteiger partial charge is 0.273 e. The molecule has 0 fully saturated rings. The first-order chi connectivity index (χ1) is 7.43. The van der Waals surface area contributed by atoms with Crippen molar-refractivity contribution in [2.45, 2.75) is 12.1 Å². The molecule has 7 heteroatoms. The molecule has 1 aliphatic heterocycles. The van der Waals surface area contributed by atoms with Crippen molar-refractivity contribution in [3.05, 3.63) is 27.9 Å². The lowest BCUT2D eigenvalue weighted by atomic mass is 10.6. The third-order valence-corrected chi connectivity index (χ3v) is 8.16. The molecule has 0 radical (unpaired) electrons. The van der Waals surface area contributed by atoms with Gasteiger partial charge in [-0.3, -0.25) is 9.36 Å². The molecule has 1 atom stereocenters. The molecule has 1 aliphatic rings. The molecule has 86 valence electrons. The highest BCUT2D eigenvalue weighted by molar-refractivity contribution is 8.58. The maximum atomic E-state index is 12.6. The van der Waals surface area contributed by atoms with E-state index in [9.17, 15) is 9.36 Å². The third kappa shape index (κ3) is 1.77. The number of allylic oxidation sites excluding steroid dienone is 1. The Morgan fingerprint density at radius 3 is 2.81 bits per heavy atom. The van der Waals surface area contributed by atoms with E-state index in [1.165, 1.54) is 6.07 Å². The Morgan fingerprint density at radius 1 is 1.50 bits per heavy atom. The van der Waals surface area contributed by atoms with E-state index in [4.69, 9.17) is 0 Å². The number of hydrogen-bond donors (Lipinski definition) is 0. The Balaban J connectivity index is 2.60. The van der Waals surface area contributed by atoms with Crippen molar-refractivity contribution in [1.29, 1.82) is 0 Å². The van der Waals surface area contributed by atoms with Gasteiger partial charge in [0.15, 0.2) is 5.16 Å². The highest BCUT2D eigenvalue weighted by atomic mass is 32.7. The Kier molecular flexibility index (Phi) is 2.82. The fourth-order valence-corrected chi connectivity index (χ4v) is 5.32. The average molecular weight is 257 g/mol. The SMILES string of the molecule is CC1=Cn2ccc(=O)nc2SP1(=O)N(C)C. The molecule has 0 saturated heterocycles. The highest BCUT2D eigenvalue weighted by Gasteiger charge is 2.33. The third-order valence-electron chi connectivity index (χ3n) is 2.31. The molecule has 1 aromatic rings. The summed E-state index contributed by atoms with van der Waals surface area (Å²) in [6.45, 7) is -0.812. The molecule has 2 rings (SSSR count). The summed E-state index contributed by atoms with van der Waals surface area (Å²) in [5.74, 6) is 0. The van der Waals surface area contributed by atoms with E-state index in [-0.39, 0.29) is 5.56 Å². The largest absolute Gasteiger partial charge is 0.302 e. The van der Waals surface area contributed by atoms with Crippen LogP contribution >= 0.6 is 17.9 Å². The Morgan fingerprint density at radius 2 is 2.19 bits per heavy atom. The molecular weight excluding hydrogens is 245 g/mol. The van der Waals surface area contributed by atoms with Crippen molar-refractivity contribution in [3.63, 3.8) is 0 Å². The molecule has 0 amide bonds. The van der Waals surface area contributed by atoms with Crippen LogP contribution in [0.2, 0.25) is 0 Å². The van der Waals surface area contributed by atoms with Gasteiger partial charge in [0.05, 0.1) is 0 Å². The van der Waals surface area contributed by atoms with Gasteiger partial charge in [-0.1, -0.05) is 0 Å². The van der Waals surface area contributed by atoms with Gasteiger partial charge >= 0.3 is 0 Å². The van der Waals surface area contributed by atoms with E-state index < -0.39 is 6.49 Å². The minimum atomic E-state index is -2.64. The van der Waals surface area contributed by atoms with Gasteiger partial charge in [0.2, 0.25) is 6.49 Å². The highest BCUT2D eigenvalue weighted by Crippen LogP contribution is 2.69. The zero-order valence-corrected chi connectivity index (χ0v) is 11.0. The second kappa shape index (κ2) is 3.87. The van der Waals surface area contributed by atoms with Crippen molar-refractivity contribution in [2.75, 3.05) is 14.1 Å². The normalized spacial score (nSPS) is 24.1. The van der Waals surface area contributed by atoms with Crippen LogP contribution in [0.3, 0.4) is 0 Å². The van der Waals surface area contributed by atoms with Crippen LogP contribution in [-0.2, 0) is 4.57 Å². The van der Waals surface area contributed by atoms with E-state index in [0.29, 0.717) is 5.16 Å². The lowest BCUT2D eigenvalue weighted by Crippen LogP contribution is -2.15. The second-order valence-corrected chi connectivity index (χ2v) is 8.81. The second-order valence-electron chi connectivity index (χ2n) is 3.69. The summed E-state index contributed by atoms with van der Waals surface area (Å²) in [5, 5.41) is 1.27. The predicted octanol–water partition coefficient (Wildman–Crippen LogP) is 1.92. The molecule has 1 aromatic heterocycles. The molecule has 0 bridgehead atoms. The summed E-state index contributed by atoms with van der Waals surface area (Å²) in [6.07, 6.45) is 3.40. The summed E-state index contributed by atoms with van der Waals surface area (Å²) in [7, 11) is 3.53. The van der Waals surface area contributed by atoms with Gasteiger partial charge in [-0.2, -0.15) is 4.98 Å². The molecular formula is C9H12N3O2PS. The van der Waals surface area contributed by atoms with E-state index in [2.05, 4.69) is 4.98 Å². The monoisotopic (exact) mass is 257 g/mol. The lowest BCUT2D eigenvalue weighted by molar-refractivity contribution is 0.535. The Hall–Kier alpha value is -0.840. The van der Waals surface area contributed by atoms with Crippen LogP contribution in [0.5, 0.6) is 0 Å². The molecule has 0 saturated carbocycles. The first kappa shape index (κ1) is 11.6. The van der Waals surface area contributed by atoms with Crippen LogP contribution in [0.1, 0.15) is 6.92 Å². The van der Waals surface area contributed by atoms with E-state index in [0.717, 1.165) is 16.7 Å². The average Bonchev–Trinajstić information content (AvgIpc) is 2.20. The summed E-state index contributed by atoms with van der Waals surface area (Å²) in [6, 6.07) is 1.39. The molecule has 1 unspecified atom stereocenters. The Bertz CT molecular complexity index is 564. The number of hydrogen-bond acceptors (Lipinski definition) is 4. The molecule has 16 heavy (non-hydrogen) atoms. The number of fused-ring (bicyclic) bond motifs is 1. The zero-order valence-electron chi connectivity index (χ0n) is 9.25. The fourth-order valence-electron chi connectivity index (χ4n) is 1.42. The van der Waals surface area contributed by atoms with Gasteiger partial charge in [-0.15, -0.1) is 0 Å². The maximum absolute atomic E-state index is 12.6. The quantitative estimate of drug-likeness (QED) is 0.568. The van der Waals surface area contributed by atoms with E-state index >= 15 is 0 Å². The van der Waals surface area contributed by atoms with Gasteiger partial charge in [0.1, 0.15) is 0 Å². The topological polar surface area (TPSA) is 55.2 Å². The van der Waals surface area contributed by atoms with Crippen molar-refractivity contribution in [2.24, 2.45) is 0 Å². The van der Waals surface area contributed by atoms with Crippen LogP contribution in [0.25, 0.3) is 6.20 Å². The summed E-state index contributed by atoms with van der Waals surface area (Å²) in [5.41, 5.74) is -0.308. The summed E-state index contributed by atoms with van der Waals surface area (Å²) in [4.78, 5) is 15.0. The number of rotatable bonds is 1. The molecule has 0 spiro atoms. The first-order valence-electron chi connectivity index (χ1n) is 4.69. The van der Waals surface area contributed by atoms with Crippen molar-refractivity contribution < 1.29 is 4.57 Å².